The molecule has 1 N–H and O–H groups in total. The summed E-state index contributed by atoms with van der Waals surface area (Å²) in [5.41, 5.74) is 2.41. The summed E-state index contributed by atoms with van der Waals surface area (Å²) < 4.78 is 30.3. The second-order valence-electron chi connectivity index (χ2n) is 8.02. The molecule has 0 saturated heterocycles. The second kappa shape index (κ2) is 9.52. The van der Waals surface area contributed by atoms with Crippen molar-refractivity contribution in [1.29, 1.82) is 0 Å². The van der Waals surface area contributed by atoms with Gasteiger partial charge in [-0.15, -0.1) is 0 Å². The highest BCUT2D eigenvalue weighted by atomic mass is 32.2. The zero-order chi connectivity index (χ0) is 25.1. The quantitative estimate of drug-likeness (QED) is 0.375. The van der Waals surface area contributed by atoms with Crippen molar-refractivity contribution in [3.8, 4) is 11.4 Å². The van der Waals surface area contributed by atoms with Crippen LogP contribution in [0.5, 0.6) is 0 Å². The van der Waals surface area contributed by atoms with E-state index < -0.39 is 15.9 Å². The number of amides is 1. The monoisotopic (exact) mass is 495 g/mol. The highest BCUT2D eigenvalue weighted by molar-refractivity contribution is 7.93. The number of rotatable bonds is 6. The summed E-state index contributed by atoms with van der Waals surface area (Å²) in [5.74, 6) is -0.826. The highest BCUT2D eigenvalue weighted by Gasteiger charge is 2.19. The number of carbonyl (C=O) groups excluding carboxylic acids is 1. The molecule has 0 atom stereocenters. The Morgan fingerprint density at radius 3 is 1.89 bits per heavy atom. The first-order valence-corrected chi connectivity index (χ1v) is 12.7. The maximum Gasteiger partial charge on any atom is 0.279 e. The van der Waals surface area contributed by atoms with Crippen molar-refractivity contribution in [3.05, 3.63) is 136 Å². The molecule has 7 nitrogen and oxygen atoms in total. The van der Waals surface area contributed by atoms with Gasteiger partial charge in [-0.05, 0) is 54.1 Å². The minimum atomic E-state index is -4.05. The summed E-state index contributed by atoms with van der Waals surface area (Å²) in [7, 11) is -4.05. The summed E-state index contributed by atoms with van der Waals surface area (Å²) in [5, 5.41) is 1.22. The second-order valence-corrected chi connectivity index (χ2v) is 9.59. The van der Waals surface area contributed by atoms with Gasteiger partial charge in [-0.25, -0.2) is 22.5 Å². The van der Waals surface area contributed by atoms with Crippen LogP contribution in [0.4, 0.5) is 0 Å². The smallest absolute Gasteiger partial charge is 0.268 e. The van der Waals surface area contributed by atoms with Gasteiger partial charge in [0.05, 0.1) is 27.7 Å². The molecule has 1 amide bonds. The molecule has 0 spiro atoms. The number of aromatic nitrogens is 2. The third-order valence-corrected chi connectivity index (χ3v) is 6.55. The van der Waals surface area contributed by atoms with Crippen LogP contribution in [0.2, 0.25) is 0 Å². The molecular formula is C28H21N3O4S. The Balaban J connectivity index is 1.55. The first-order valence-electron chi connectivity index (χ1n) is 11.1. The summed E-state index contributed by atoms with van der Waals surface area (Å²) in [6.07, 6.45) is 1.40. The van der Waals surface area contributed by atoms with Gasteiger partial charge in [-0.1, -0.05) is 66.7 Å². The van der Waals surface area contributed by atoms with Crippen molar-refractivity contribution >= 4 is 32.9 Å². The van der Waals surface area contributed by atoms with Gasteiger partial charge >= 0.3 is 0 Å². The lowest BCUT2D eigenvalue weighted by Gasteiger charge is -2.13. The van der Waals surface area contributed by atoms with Crippen LogP contribution in [-0.4, -0.2) is 23.7 Å². The fraction of sp³-hybridized carbons (Fsp3) is 0. The lowest BCUT2D eigenvalue weighted by Crippen LogP contribution is -2.28. The molecule has 0 aliphatic carbocycles. The van der Waals surface area contributed by atoms with Crippen molar-refractivity contribution in [2.45, 2.75) is 0 Å². The van der Waals surface area contributed by atoms with E-state index in [-0.39, 0.29) is 16.5 Å². The molecule has 1 aromatic heterocycles. The number of carbonyl (C=O) groups is 1. The molecule has 0 aliphatic rings. The molecule has 0 aliphatic heterocycles. The number of hydrogen-bond acceptors (Lipinski definition) is 4. The Morgan fingerprint density at radius 2 is 1.28 bits per heavy atom. The lowest BCUT2D eigenvalue weighted by atomic mass is 10.1. The molecule has 4 aromatic carbocycles. The summed E-state index contributed by atoms with van der Waals surface area (Å²) >= 11 is 0. The van der Waals surface area contributed by atoms with Crippen LogP contribution < -0.4 is 10.3 Å². The summed E-state index contributed by atoms with van der Waals surface area (Å²) in [6.45, 7) is 0. The van der Waals surface area contributed by atoms with E-state index in [0.717, 1.165) is 11.1 Å². The highest BCUT2D eigenvalue weighted by Crippen LogP contribution is 2.21. The van der Waals surface area contributed by atoms with Crippen LogP contribution in [0.25, 0.3) is 28.4 Å². The van der Waals surface area contributed by atoms with E-state index in [4.69, 9.17) is 0 Å². The van der Waals surface area contributed by atoms with Crippen LogP contribution in [-0.2, 0) is 10.0 Å². The van der Waals surface area contributed by atoms with Crippen LogP contribution in [0.3, 0.4) is 0 Å². The minimum absolute atomic E-state index is 0.0571. The Labute approximate surface area is 207 Å². The molecule has 8 heteroatoms. The Hall–Kier alpha value is -4.69. The fourth-order valence-corrected chi connectivity index (χ4v) is 4.71. The van der Waals surface area contributed by atoms with Gasteiger partial charge in [0.1, 0.15) is 0 Å². The predicted molar refractivity (Wildman–Crippen MR) is 141 cm³/mol. The Bertz CT molecular complexity index is 1740. The molecule has 0 fully saturated rings. The number of nitrogens with zero attached hydrogens (tertiary/aromatic N) is 2. The van der Waals surface area contributed by atoms with Crippen molar-refractivity contribution in [3.63, 3.8) is 0 Å². The van der Waals surface area contributed by atoms with E-state index in [9.17, 15) is 18.0 Å². The zero-order valence-electron chi connectivity index (χ0n) is 19.0. The zero-order valence-corrected chi connectivity index (χ0v) is 19.8. The topological polar surface area (TPSA) is 90.2 Å². The molecular weight excluding hydrogens is 474 g/mol. The van der Waals surface area contributed by atoms with Gasteiger partial charge in [-0.3, -0.25) is 9.59 Å². The maximum atomic E-state index is 13.5. The van der Waals surface area contributed by atoms with Crippen molar-refractivity contribution in [2.24, 2.45) is 0 Å². The standard InChI is InChI=1S/C28H21N3O4S/c32-27(29-36(34,35)19-18-21-10-4-1-5-11-21)22-16-17-26-25(20-22)28(33)31(24-14-8-3-9-15-24)30(26)23-12-6-2-7-13-23/h1-20H,(H,29,32)/b19-18+. The van der Waals surface area contributed by atoms with Gasteiger partial charge in [0.2, 0.25) is 0 Å². The molecule has 1 heterocycles. The maximum absolute atomic E-state index is 13.5. The molecule has 0 radical (unpaired) electrons. The molecule has 0 bridgehead atoms. The number of hydrogen-bond donors (Lipinski definition) is 1. The third-order valence-electron chi connectivity index (χ3n) is 5.59. The number of sulfonamides is 1. The largest absolute Gasteiger partial charge is 0.279 e. The fourth-order valence-electron chi connectivity index (χ4n) is 3.93. The normalized spacial score (nSPS) is 11.7. The number of para-hydroxylation sites is 2. The van der Waals surface area contributed by atoms with Gasteiger partial charge in [0, 0.05) is 5.56 Å². The SMILES string of the molecule is O=C(NS(=O)(=O)/C=C/c1ccccc1)c1ccc2c(c1)c(=O)n(-c1ccccc1)n2-c1ccccc1. The average molecular weight is 496 g/mol. The van der Waals surface area contributed by atoms with Gasteiger partial charge in [0.25, 0.3) is 21.5 Å². The van der Waals surface area contributed by atoms with E-state index in [1.54, 1.807) is 35.0 Å². The van der Waals surface area contributed by atoms with Gasteiger partial charge < -0.3 is 0 Å². The molecule has 5 aromatic rings. The van der Waals surface area contributed by atoms with Gasteiger partial charge in [0.15, 0.2) is 0 Å². The first kappa shape index (κ1) is 23.1. The number of fused-ring (bicyclic) bond motifs is 1. The third kappa shape index (κ3) is 4.62. The Kier molecular flexibility index (Phi) is 6.10. The molecule has 0 unspecified atom stereocenters. The van der Waals surface area contributed by atoms with Crippen LogP contribution in [0.1, 0.15) is 15.9 Å². The summed E-state index contributed by atoms with van der Waals surface area (Å²) in [6, 6.07) is 32.0. The molecule has 5 rings (SSSR count). The van der Waals surface area contributed by atoms with E-state index in [2.05, 4.69) is 0 Å². The average Bonchev–Trinajstić information content (AvgIpc) is 3.20. The minimum Gasteiger partial charge on any atom is -0.268 e. The first-order chi connectivity index (χ1) is 17.4. The van der Waals surface area contributed by atoms with E-state index in [1.165, 1.54) is 22.9 Å². The van der Waals surface area contributed by atoms with Crippen LogP contribution in [0.15, 0.2) is 119 Å². The van der Waals surface area contributed by atoms with Crippen molar-refractivity contribution in [2.75, 3.05) is 0 Å². The van der Waals surface area contributed by atoms with E-state index in [0.29, 0.717) is 16.8 Å². The van der Waals surface area contributed by atoms with E-state index >= 15 is 0 Å². The Morgan fingerprint density at radius 1 is 0.722 bits per heavy atom. The number of nitrogens with one attached hydrogen (secondary N) is 1. The molecule has 0 saturated carbocycles. The van der Waals surface area contributed by atoms with Gasteiger partial charge in [-0.2, -0.15) is 0 Å². The predicted octanol–water partition coefficient (Wildman–Crippen LogP) is 4.51. The summed E-state index contributed by atoms with van der Waals surface area (Å²) in [4.78, 5) is 26.3. The van der Waals surface area contributed by atoms with Crippen molar-refractivity contribution < 1.29 is 13.2 Å². The van der Waals surface area contributed by atoms with E-state index in [1.807, 2.05) is 71.5 Å². The molecule has 36 heavy (non-hydrogen) atoms. The van der Waals surface area contributed by atoms with Crippen molar-refractivity contribution in [1.82, 2.24) is 14.1 Å². The van der Waals surface area contributed by atoms with Crippen LogP contribution in [0, 0.1) is 0 Å². The number of benzene rings is 4. The molecule has 178 valence electrons. The van der Waals surface area contributed by atoms with Crippen LogP contribution >= 0.6 is 0 Å². The lowest BCUT2D eigenvalue weighted by molar-refractivity contribution is 0.0982.